The molecule has 1 N–H and O–H groups in total. The molecule has 0 saturated carbocycles. The average molecular weight is 226 g/mol. The van der Waals surface area contributed by atoms with E-state index in [4.69, 9.17) is 11.6 Å². The fraction of sp³-hybridized carbons (Fsp3) is 0.538. The molecule has 0 fully saturated rings. The van der Waals surface area contributed by atoms with Crippen molar-refractivity contribution in [1.82, 2.24) is 5.32 Å². The third kappa shape index (κ3) is 4.67. The van der Waals surface area contributed by atoms with Crippen LogP contribution >= 0.6 is 11.6 Å². The van der Waals surface area contributed by atoms with Gasteiger partial charge in [0.1, 0.15) is 0 Å². The first-order valence-corrected chi connectivity index (χ1v) is 6.11. The molecule has 0 radical (unpaired) electrons. The molecule has 1 unspecified atom stereocenters. The molecular weight excluding hydrogens is 206 g/mol. The lowest BCUT2D eigenvalue weighted by atomic mass is 10.0. The summed E-state index contributed by atoms with van der Waals surface area (Å²) in [5.41, 5.74) is 1.36. The van der Waals surface area contributed by atoms with Gasteiger partial charge in [-0.25, -0.2) is 0 Å². The molecule has 1 rings (SSSR count). The molecule has 1 aromatic rings. The van der Waals surface area contributed by atoms with E-state index < -0.39 is 0 Å². The first-order valence-electron chi connectivity index (χ1n) is 5.74. The Hall–Kier alpha value is -0.530. The number of hydrogen-bond donors (Lipinski definition) is 1. The van der Waals surface area contributed by atoms with E-state index in [0.29, 0.717) is 6.04 Å². The lowest BCUT2D eigenvalue weighted by molar-refractivity contribution is 0.495. The predicted octanol–water partition coefficient (Wildman–Crippen LogP) is 3.66. The van der Waals surface area contributed by atoms with Crippen molar-refractivity contribution >= 4 is 11.6 Å². The molecule has 0 bridgehead atoms. The number of nitrogens with one attached hydrogen (secondary N) is 1. The molecule has 0 aliphatic heterocycles. The second-order valence-electron chi connectivity index (χ2n) is 3.89. The lowest BCUT2D eigenvalue weighted by Crippen LogP contribution is -2.31. The number of benzene rings is 1. The van der Waals surface area contributed by atoms with E-state index in [2.05, 4.69) is 31.3 Å². The van der Waals surface area contributed by atoms with E-state index in [9.17, 15) is 0 Å². The topological polar surface area (TPSA) is 12.0 Å². The van der Waals surface area contributed by atoms with Crippen molar-refractivity contribution in [3.05, 3.63) is 34.9 Å². The maximum atomic E-state index is 5.85. The molecule has 2 heteroatoms. The molecule has 0 amide bonds. The van der Waals surface area contributed by atoms with E-state index in [1.165, 1.54) is 18.4 Å². The van der Waals surface area contributed by atoms with Crippen molar-refractivity contribution in [3.8, 4) is 0 Å². The molecule has 0 spiro atoms. The third-order valence-electron chi connectivity index (χ3n) is 2.57. The molecule has 0 saturated heterocycles. The smallest absolute Gasteiger partial charge is 0.0406 e. The van der Waals surface area contributed by atoms with Gasteiger partial charge in [0.25, 0.3) is 0 Å². The van der Waals surface area contributed by atoms with Crippen LogP contribution in [-0.4, -0.2) is 12.6 Å². The third-order valence-corrected chi connectivity index (χ3v) is 2.82. The van der Waals surface area contributed by atoms with Crippen LogP contribution in [0.2, 0.25) is 5.02 Å². The van der Waals surface area contributed by atoms with Crippen LogP contribution in [0, 0.1) is 0 Å². The molecule has 0 aliphatic rings. The lowest BCUT2D eigenvalue weighted by Gasteiger charge is -2.16. The SMILES string of the molecule is CCCNC(CC)Cc1ccc(Cl)cc1. The quantitative estimate of drug-likeness (QED) is 0.779. The van der Waals surface area contributed by atoms with Gasteiger partial charge in [-0.05, 0) is 43.5 Å². The highest BCUT2D eigenvalue weighted by molar-refractivity contribution is 6.30. The van der Waals surface area contributed by atoms with Gasteiger partial charge < -0.3 is 5.32 Å². The fourth-order valence-corrected chi connectivity index (χ4v) is 1.74. The first kappa shape index (κ1) is 12.5. The highest BCUT2D eigenvalue weighted by Crippen LogP contribution is 2.11. The standard InChI is InChI=1S/C13H20ClN/c1-3-9-15-13(4-2)10-11-5-7-12(14)8-6-11/h5-8,13,15H,3-4,9-10H2,1-2H3. The Bertz CT molecular complexity index is 268. The van der Waals surface area contributed by atoms with E-state index in [1.54, 1.807) is 0 Å². The summed E-state index contributed by atoms with van der Waals surface area (Å²) < 4.78 is 0. The predicted molar refractivity (Wildman–Crippen MR) is 67.5 cm³/mol. The summed E-state index contributed by atoms with van der Waals surface area (Å²) >= 11 is 5.85. The summed E-state index contributed by atoms with van der Waals surface area (Å²) in [5, 5.41) is 4.36. The molecule has 15 heavy (non-hydrogen) atoms. The van der Waals surface area contributed by atoms with E-state index in [0.717, 1.165) is 18.0 Å². The maximum Gasteiger partial charge on any atom is 0.0406 e. The molecule has 1 atom stereocenters. The second-order valence-corrected chi connectivity index (χ2v) is 4.33. The zero-order valence-corrected chi connectivity index (χ0v) is 10.3. The van der Waals surface area contributed by atoms with Gasteiger partial charge in [0.15, 0.2) is 0 Å². The molecule has 1 aromatic carbocycles. The number of halogens is 1. The molecule has 0 aliphatic carbocycles. The van der Waals surface area contributed by atoms with Crippen molar-refractivity contribution in [2.45, 2.75) is 39.2 Å². The summed E-state index contributed by atoms with van der Waals surface area (Å²) in [7, 11) is 0. The van der Waals surface area contributed by atoms with Gasteiger partial charge in [-0.2, -0.15) is 0 Å². The zero-order chi connectivity index (χ0) is 11.1. The van der Waals surface area contributed by atoms with E-state index in [-0.39, 0.29) is 0 Å². The van der Waals surface area contributed by atoms with Gasteiger partial charge in [-0.1, -0.05) is 37.6 Å². The normalized spacial score (nSPS) is 12.7. The van der Waals surface area contributed by atoms with Gasteiger partial charge in [-0.3, -0.25) is 0 Å². The Morgan fingerprint density at radius 3 is 2.40 bits per heavy atom. The van der Waals surface area contributed by atoms with Crippen LogP contribution in [0.4, 0.5) is 0 Å². The van der Waals surface area contributed by atoms with Crippen LogP contribution in [0.15, 0.2) is 24.3 Å². The summed E-state index contributed by atoms with van der Waals surface area (Å²) in [5.74, 6) is 0. The summed E-state index contributed by atoms with van der Waals surface area (Å²) in [6.07, 6.45) is 3.45. The van der Waals surface area contributed by atoms with Gasteiger partial charge in [0.2, 0.25) is 0 Å². The largest absolute Gasteiger partial charge is 0.314 e. The Balaban J connectivity index is 2.47. The van der Waals surface area contributed by atoms with Crippen molar-refractivity contribution in [2.24, 2.45) is 0 Å². The average Bonchev–Trinajstić information content (AvgIpc) is 2.27. The van der Waals surface area contributed by atoms with Crippen molar-refractivity contribution in [2.75, 3.05) is 6.54 Å². The van der Waals surface area contributed by atoms with Gasteiger partial charge in [0.05, 0.1) is 0 Å². The molecular formula is C13H20ClN. The summed E-state index contributed by atoms with van der Waals surface area (Å²) in [4.78, 5) is 0. The fourth-order valence-electron chi connectivity index (χ4n) is 1.61. The minimum absolute atomic E-state index is 0.589. The van der Waals surface area contributed by atoms with Crippen LogP contribution in [-0.2, 0) is 6.42 Å². The minimum atomic E-state index is 0.589. The highest BCUT2D eigenvalue weighted by Gasteiger charge is 2.05. The van der Waals surface area contributed by atoms with Crippen LogP contribution in [0.1, 0.15) is 32.3 Å². The Kier molecular flexibility index (Phi) is 5.74. The Morgan fingerprint density at radius 2 is 1.87 bits per heavy atom. The van der Waals surface area contributed by atoms with Gasteiger partial charge in [-0.15, -0.1) is 0 Å². The maximum absolute atomic E-state index is 5.85. The minimum Gasteiger partial charge on any atom is -0.314 e. The summed E-state index contributed by atoms with van der Waals surface area (Å²) in [6, 6.07) is 8.73. The van der Waals surface area contributed by atoms with E-state index in [1.807, 2.05) is 12.1 Å². The zero-order valence-electron chi connectivity index (χ0n) is 9.59. The van der Waals surface area contributed by atoms with Crippen LogP contribution < -0.4 is 5.32 Å². The monoisotopic (exact) mass is 225 g/mol. The van der Waals surface area contributed by atoms with Gasteiger partial charge >= 0.3 is 0 Å². The van der Waals surface area contributed by atoms with Crippen LogP contribution in [0.3, 0.4) is 0 Å². The van der Waals surface area contributed by atoms with Crippen molar-refractivity contribution in [3.63, 3.8) is 0 Å². The molecule has 0 aromatic heterocycles. The number of hydrogen-bond acceptors (Lipinski definition) is 1. The number of rotatable bonds is 6. The molecule has 1 nitrogen and oxygen atoms in total. The van der Waals surface area contributed by atoms with Crippen molar-refractivity contribution < 1.29 is 0 Å². The summed E-state index contributed by atoms with van der Waals surface area (Å²) in [6.45, 7) is 5.53. The second kappa shape index (κ2) is 6.86. The van der Waals surface area contributed by atoms with E-state index >= 15 is 0 Å². The highest BCUT2D eigenvalue weighted by atomic mass is 35.5. The van der Waals surface area contributed by atoms with Crippen molar-refractivity contribution in [1.29, 1.82) is 0 Å². The Labute approximate surface area is 97.8 Å². The van der Waals surface area contributed by atoms with Crippen LogP contribution in [0.25, 0.3) is 0 Å². The molecule has 84 valence electrons. The van der Waals surface area contributed by atoms with Crippen LogP contribution in [0.5, 0.6) is 0 Å². The Morgan fingerprint density at radius 1 is 1.20 bits per heavy atom. The van der Waals surface area contributed by atoms with Gasteiger partial charge in [0, 0.05) is 11.1 Å². The molecule has 0 heterocycles. The first-order chi connectivity index (χ1) is 7.26.